The van der Waals surface area contributed by atoms with Crippen molar-refractivity contribution in [2.75, 3.05) is 0 Å². The van der Waals surface area contributed by atoms with Gasteiger partial charge in [-0.25, -0.2) is 0 Å². The minimum Gasteiger partial charge on any atom is -0.123 e. The molecule has 1 aromatic carbocycles. The van der Waals surface area contributed by atoms with E-state index in [0.29, 0.717) is 5.38 Å². The maximum atomic E-state index is 6.27. The first-order chi connectivity index (χ1) is 6.75. The minimum atomic E-state index is 0.413. The molecule has 0 saturated heterocycles. The summed E-state index contributed by atoms with van der Waals surface area (Å²) >= 11 is 6.27. The maximum Gasteiger partial charge on any atom is 0.0367 e. The Hall–Kier alpha value is -0.490. The molecule has 14 heavy (non-hydrogen) atoms. The summed E-state index contributed by atoms with van der Waals surface area (Å²) < 4.78 is 0. The second-order valence-corrected chi connectivity index (χ2v) is 4.94. The molecular weight excluding hydrogens is 192 g/mol. The van der Waals surface area contributed by atoms with E-state index in [-0.39, 0.29) is 0 Å². The second-order valence-electron chi connectivity index (χ2n) is 4.38. The molecule has 1 aromatic rings. The van der Waals surface area contributed by atoms with Crippen LogP contribution in [0.25, 0.3) is 0 Å². The largest absolute Gasteiger partial charge is 0.123 e. The number of aryl methyl sites for hydroxylation is 2. The highest BCUT2D eigenvalue weighted by Gasteiger charge is 2.28. The summed E-state index contributed by atoms with van der Waals surface area (Å²) in [6, 6.07) is 8.73. The van der Waals surface area contributed by atoms with E-state index in [1.807, 2.05) is 0 Å². The molecule has 2 rings (SSSR count). The molecule has 0 aromatic heterocycles. The predicted molar refractivity (Wildman–Crippen MR) is 61.9 cm³/mol. The third-order valence-corrected chi connectivity index (χ3v) is 3.50. The van der Waals surface area contributed by atoms with Crippen LogP contribution in [-0.4, -0.2) is 5.38 Å². The lowest BCUT2D eigenvalue weighted by Gasteiger charge is -2.07. The molecule has 76 valence electrons. The van der Waals surface area contributed by atoms with E-state index in [0.717, 1.165) is 18.8 Å². The molecule has 0 N–H and O–H groups in total. The van der Waals surface area contributed by atoms with Crippen molar-refractivity contribution in [3.63, 3.8) is 0 Å². The maximum absolute atomic E-state index is 6.27. The number of benzene rings is 1. The van der Waals surface area contributed by atoms with Gasteiger partial charge in [-0.1, -0.05) is 29.8 Å². The van der Waals surface area contributed by atoms with E-state index in [4.69, 9.17) is 11.6 Å². The first-order valence-electron chi connectivity index (χ1n) is 5.45. The van der Waals surface area contributed by atoms with Gasteiger partial charge in [-0.3, -0.25) is 0 Å². The van der Waals surface area contributed by atoms with Crippen LogP contribution in [0.5, 0.6) is 0 Å². The average molecular weight is 209 g/mol. The summed E-state index contributed by atoms with van der Waals surface area (Å²) in [5, 5.41) is 0.413. The molecule has 1 aliphatic carbocycles. The summed E-state index contributed by atoms with van der Waals surface area (Å²) in [4.78, 5) is 0. The van der Waals surface area contributed by atoms with Crippen molar-refractivity contribution in [3.8, 4) is 0 Å². The van der Waals surface area contributed by atoms with Crippen molar-refractivity contribution in [2.45, 2.75) is 38.0 Å². The Kier molecular flexibility index (Phi) is 3.12. The molecule has 0 amide bonds. The molecule has 1 saturated carbocycles. The van der Waals surface area contributed by atoms with Gasteiger partial charge in [0.15, 0.2) is 0 Å². The van der Waals surface area contributed by atoms with Gasteiger partial charge in [0.1, 0.15) is 0 Å². The highest BCUT2D eigenvalue weighted by molar-refractivity contribution is 6.20. The Morgan fingerprint density at radius 2 is 2.21 bits per heavy atom. The number of rotatable bonds is 4. The van der Waals surface area contributed by atoms with Crippen molar-refractivity contribution in [1.82, 2.24) is 0 Å². The number of hydrogen-bond acceptors (Lipinski definition) is 0. The highest BCUT2D eigenvalue weighted by atomic mass is 35.5. The average Bonchev–Trinajstić information content (AvgIpc) is 2.97. The predicted octanol–water partition coefficient (Wildman–Crippen LogP) is 3.95. The summed E-state index contributed by atoms with van der Waals surface area (Å²) in [5.74, 6) is 0.821. The fourth-order valence-corrected chi connectivity index (χ4v) is 2.23. The van der Waals surface area contributed by atoms with Crippen LogP contribution >= 0.6 is 11.6 Å². The molecule has 0 nitrogen and oxygen atoms in total. The Bertz CT molecular complexity index is 302. The van der Waals surface area contributed by atoms with E-state index < -0.39 is 0 Å². The molecule has 0 aliphatic heterocycles. The lowest BCUT2D eigenvalue weighted by Crippen LogP contribution is -2.02. The van der Waals surface area contributed by atoms with Crippen LogP contribution in [0.2, 0.25) is 0 Å². The van der Waals surface area contributed by atoms with Gasteiger partial charge in [0, 0.05) is 5.38 Å². The number of halogens is 1. The first-order valence-corrected chi connectivity index (χ1v) is 5.89. The summed E-state index contributed by atoms with van der Waals surface area (Å²) in [6.45, 7) is 2.14. The van der Waals surface area contributed by atoms with Crippen LogP contribution in [-0.2, 0) is 6.42 Å². The standard InChI is InChI=1S/C13H17Cl/c1-10-3-2-4-11(9-10)5-8-13(14)12-6-7-12/h2-4,9,12-13H,5-8H2,1H3. The molecule has 1 heteroatoms. The summed E-state index contributed by atoms with van der Waals surface area (Å²) in [7, 11) is 0. The van der Waals surface area contributed by atoms with Crippen molar-refractivity contribution in [1.29, 1.82) is 0 Å². The van der Waals surface area contributed by atoms with Gasteiger partial charge in [0.25, 0.3) is 0 Å². The fraction of sp³-hybridized carbons (Fsp3) is 0.538. The molecule has 0 radical (unpaired) electrons. The van der Waals surface area contributed by atoms with E-state index in [2.05, 4.69) is 31.2 Å². The van der Waals surface area contributed by atoms with Gasteiger partial charge in [-0.15, -0.1) is 11.6 Å². The van der Waals surface area contributed by atoms with Gasteiger partial charge in [-0.2, -0.15) is 0 Å². The van der Waals surface area contributed by atoms with Crippen LogP contribution in [0.3, 0.4) is 0 Å². The van der Waals surface area contributed by atoms with Crippen LogP contribution < -0.4 is 0 Å². The third-order valence-electron chi connectivity index (χ3n) is 2.92. The Morgan fingerprint density at radius 1 is 1.43 bits per heavy atom. The van der Waals surface area contributed by atoms with Crippen molar-refractivity contribution in [3.05, 3.63) is 35.4 Å². The highest BCUT2D eigenvalue weighted by Crippen LogP contribution is 2.37. The van der Waals surface area contributed by atoms with E-state index in [1.165, 1.54) is 24.0 Å². The number of hydrogen-bond donors (Lipinski definition) is 0. The summed E-state index contributed by atoms with van der Waals surface area (Å²) in [5.41, 5.74) is 2.77. The SMILES string of the molecule is Cc1cccc(CCC(Cl)C2CC2)c1. The lowest BCUT2D eigenvalue weighted by molar-refractivity contribution is 0.676. The van der Waals surface area contributed by atoms with Crippen molar-refractivity contribution >= 4 is 11.6 Å². The smallest absolute Gasteiger partial charge is 0.0367 e. The molecule has 0 bridgehead atoms. The van der Waals surface area contributed by atoms with Gasteiger partial charge < -0.3 is 0 Å². The van der Waals surface area contributed by atoms with E-state index in [1.54, 1.807) is 0 Å². The minimum absolute atomic E-state index is 0.413. The lowest BCUT2D eigenvalue weighted by atomic mass is 10.0. The quantitative estimate of drug-likeness (QED) is 0.658. The molecule has 1 atom stereocenters. The van der Waals surface area contributed by atoms with E-state index >= 15 is 0 Å². The molecule has 1 aliphatic rings. The van der Waals surface area contributed by atoms with E-state index in [9.17, 15) is 0 Å². The third kappa shape index (κ3) is 2.75. The van der Waals surface area contributed by atoms with Gasteiger partial charge in [0.2, 0.25) is 0 Å². The van der Waals surface area contributed by atoms with Gasteiger partial charge in [0.05, 0.1) is 0 Å². The van der Waals surface area contributed by atoms with Crippen molar-refractivity contribution < 1.29 is 0 Å². The fourth-order valence-electron chi connectivity index (χ4n) is 1.87. The summed E-state index contributed by atoms with van der Waals surface area (Å²) in [6.07, 6.45) is 4.96. The first kappa shape index (κ1) is 10.0. The molecule has 1 fully saturated rings. The Labute approximate surface area is 91.3 Å². The number of alkyl halides is 1. The van der Waals surface area contributed by atoms with Gasteiger partial charge >= 0.3 is 0 Å². The van der Waals surface area contributed by atoms with Crippen LogP contribution in [0.15, 0.2) is 24.3 Å². The van der Waals surface area contributed by atoms with Crippen LogP contribution in [0, 0.1) is 12.8 Å². The molecular formula is C13H17Cl. The van der Waals surface area contributed by atoms with Crippen LogP contribution in [0.1, 0.15) is 30.4 Å². The zero-order chi connectivity index (χ0) is 9.97. The molecule has 0 heterocycles. The topological polar surface area (TPSA) is 0 Å². The normalized spacial score (nSPS) is 18.1. The zero-order valence-electron chi connectivity index (χ0n) is 8.67. The molecule has 1 unspecified atom stereocenters. The van der Waals surface area contributed by atoms with Gasteiger partial charge in [-0.05, 0) is 44.1 Å². The zero-order valence-corrected chi connectivity index (χ0v) is 9.43. The second kappa shape index (κ2) is 4.35. The van der Waals surface area contributed by atoms with Crippen LogP contribution in [0.4, 0.5) is 0 Å². The monoisotopic (exact) mass is 208 g/mol. The van der Waals surface area contributed by atoms with Crippen molar-refractivity contribution in [2.24, 2.45) is 5.92 Å². The Morgan fingerprint density at radius 3 is 2.86 bits per heavy atom. The molecule has 0 spiro atoms. The Balaban J connectivity index is 1.84.